The molecule has 7 nitrogen and oxygen atoms in total. The maximum Gasteiger partial charge on any atom is 0.325 e. The molecule has 0 bridgehead atoms. The fourth-order valence-corrected chi connectivity index (χ4v) is 3.27. The van der Waals surface area contributed by atoms with Crippen molar-refractivity contribution in [1.29, 1.82) is 0 Å². The summed E-state index contributed by atoms with van der Waals surface area (Å²) in [5.41, 5.74) is 3.52. The monoisotopic (exact) mass is 361 g/mol. The third-order valence-corrected chi connectivity index (χ3v) is 4.33. The zero-order valence-corrected chi connectivity index (χ0v) is 16.0. The predicted octanol–water partition coefficient (Wildman–Crippen LogP) is 2.32. The molecule has 0 aliphatic carbocycles. The number of carbonyl (C=O) groups is 1. The molecule has 142 valence electrons. The average molecular weight is 361 g/mol. The van der Waals surface area contributed by atoms with Crippen molar-refractivity contribution < 1.29 is 19.4 Å². The highest BCUT2D eigenvalue weighted by molar-refractivity contribution is 5.76. The number of hydrogen-bond donors (Lipinski definition) is 1. The summed E-state index contributed by atoms with van der Waals surface area (Å²) in [6.45, 7) is 5.26. The van der Waals surface area contributed by atoms with Gasteiger partial charge in [0, 0.05) is 39.0 Å². The number of aryl methyl sites for hydroxylation is 3. The van der Waals surface area contributed by atoms with Crippen LogP contribution in [0.3, 0.4) is 0 Å². The van der Waals surface area contributed by atoms with Gasteiger partial charge in [0.15, 0.2) is 0 Å². The van der Waals surface area contributed by atoms with E-state index in [9.17, 15) is 9.90 Å². The van der Waals surface area contributed by atoms with Crippen molar-refractivity contribution in [3.63, 3.8) is 0 Å². The molecule has 1 atom stereocenters. The summed E-state index contributed by atoms with van der Waals surface area (Å²) < 4.78 is 12.3. The Morgan fingerprint density at radius 2 is 1.96 bits per heavy atom. The highest BCUT2D eigenvalue weighted by Crippen LogP contribution is 2.30. The van der Waals surface area contributed by atoms with Crippen molar-refractivity contribution in [3.8, 4) is 5.75 Å². The number of benzene rings is 1. The van der Waals surface area contributed by atoms with E-state index in [1.807, 2.05) is 44.1 Å². The summed E-state index contributed by atoms with van der Waals surface area (Å²) in [6, 6.07) is 2.98. The molecule has 0 fully saturated rings. The van der Waals surface area contributed by atoms with E-state index in [2.05, 4.69) is 5.10 Å². The van der Waals surface area contributed by atoms with Gasteiger partial charge < -0.3 is 14.6 Å². The highest BCUT2D eigenvalue weighted by atomic mass is 16.5. The van der Waals surface area contributed by atoms with E-state index in [1.165, 1.54) is 0 Å². The van der Waals surface area contributed by atoms with Gasteiger partial charge in [0.2, 0.25) is 0 Å². The quantitative estimate of drug-likeness (QED) is 0.739. The maximum absolute atomic E-state index is 12.1. The van der Waals surface area contributed by atoms with Gasteiger partial charge in [-0.3, -0.25) is 14.4 Å². The van der Waals surface area contributed by atoms with E-state index >= 15 is 0 Å². The molecule has 1 aromatic heterocycles. The number of carboxylic acid groups (broad SMARTS) is 1. The molecule has 0 spiro atoms. The number of methoxy groups -OCH3 is 2. The number of nitrogens with zero attached hydrogens (tertiary/aromatic N) is 3. The lowest BCUT2D eigenvalue weighted by atomic mass is 9.98. The first-order valence-corrected chi connectivity index (χ1v) is 8.45. The zero-order valence-electron chi connectivity index (χ0n) is 16.0. The number of aromatic nitrogens is 2. The summed E-state index contributed by atoms with van der Waals surface area (Å²) in [5.74, 6) is -0.109. The van der Waals surface area contributed by atoms with Crippen LogP contribution in [0.2, 0.25) is 0 Å². The molecule has 0 aliphatic heterocycles. The first-order chi connectivity index (χ1) is 12.4. The molecular weight excluding hydrogens is 334 g/mol. The molecule has 0 saturated carbocycles. The van der Waals surface area contributed by atoms with Crippen LogP contribution < -0.4 is 4.74 Å². The Bertz CT molecular complexity index is 734. The van der Waals surface area contributed by atoms with Crippen molar-refractivity contribution in [2.45, 2.75) is 26.4 Å². The average Bonchev–Trinajstić information content (AvgIpc) is 2.97. The summed E-state index contributed by atoms with van der Waals surface area (Å²) in [6.07, 6.45) is 3.65. The second-order valence-corrected chi connectivity index (χ2v) is 6.41. The fraction of sp³-hybridized carbons (Fsp3) is 0.474. The highest BCUT2D eigenvalue weighted by Gasteiger charge is 2.28. The summed E-state index contributed by atoms with van der Waals surface area (Å²) in [7, 11) is 5.07. The molecule has 0 amide bonds. The van der Waals surface area contributed by atoms with Crippen LogP contribution in [0, 0.1) is 13.8 Å². The van der Waals surface area contributed by atoms with Crippen LogP contribution in [0.5, 0.6) is 5.75 Å². The lowest BCUT2D eigenvalue weighted by Crippen LogP contribution is -2.36. The molecule has 26 heavy (non-hydrogen) atoms. The van der Waals surface area contributed by atoms with Gasteiger partial charge in [-0.1, -0.05) is 12.1 Å². The number of hydrogen-bond acceptors (Lipinski definition) is 5. The molecule has 0 aliphatic rings. The van der Waals surface area contributed by atoms with Crippen LogP contribution in [-0.2, 0) is 23.1 Å². The first-order valence-electron chi connectivity index (χ1n) is 8.45. The minimum absolute atomic E-state index is 0.443. The largest absolute Gasteiger partial charge is 0.496 e. The molecular formula is C19H27N3O4. The van der Waals surface area contributed by atoms with Crippen molar-refractivity contribution in [2.24, 2.45) is 7.05 Å². The van der Waals surface area contributed by atoms with E-state index in [-0.39, 0.29) is 0 Å². The van der Waals surface area contributed by atoms with E-state index in [0.29, 0.717) is 19.7 Å². The Balaban J connectivity index is 2.40. The first kappa shape index (κ1) is 19.9. The van der Waals surface area contributed by atoms with Crippen molar-refractivity contribution in [1.82, 2.24) is 14.7 Å². The molecule has 1 aromatic carbocycles. The Kier molecular flexibility index (Phi) is 6.76. The molecule has 7 heteroatoms. The van der Waals surface area contributed by atoms with Crippen LogP contribution in [0.4, 0.5) is 0 Å². The minimum atomic E-state index is -0.894. The van der Waals surface area contributed by atoms with Gasteiger partial charge in [0.05, 0.1) is 19.9 Å². The number of rotatable bonds is 9. The summed E-state index contributed by atoms with van der Waals surface area (Å²) >= 11 is 0. The Hall–Kier alpha value is -2.38. The molecule has 2 aromatic rings. The van der Waals surface area contributed by atoms with Crippen LogP contribution in [0.1, 0.15) is 28.3 Å². The maximum atomic E-state index is 12.1. The summed E-state index contributed by atoms with van der Waals surface area (Å²) in [5, 5.41) is 14.1. The topological polar surface area (TPSA) is 76.8 Å². The van der Waals surface area contributed by atoms with Crippen LogP contribution in [-0.4, -0.2) is 53.1 Å². The smallest absolute Gasteiger partial charge is 0.325 e. The van der Waals surface area contributed by atoms with Crippen LogP contribution in [0.25, 0.3) is 0 Å². The molecule has 1 heterocycles. The van der Waals surface area contributed by atoms with Crippen molar-refractivity contribution in [3.05, 3.63) is 46.8 Å². The minimum Gasteiger partial charge on any atom is -0.496 e. The van der Waals surface area contributed by atoms with Gasteiger partial charge in [-0.15, -0.1) is 0 Å². The normalized spacial score (nSPS) is 12.4. The van der Waals surface area contributed by atoms with Gasteiger partial charge in [-0.05, 0) is 30.5 Å². The zero-order chi connectivity index (χ0) is 19.3. The van der Waals surface area contributed by atoms with E-state index < -0.39 is 12.0 Å². The van der Waals surface area contributed by atoms with Gasteiger partial charge in [0.25, 0.3) is 0 Å². The summed E-state index contributed by atoms with van der Waals surface area (Å²) in [4.78, 5) is 14.0. The van der Waals surface area contributed by atoms with E-state index in [0.717, 1.165) is 28.0 Å². The van der Waals surface area contributed by atoms with Gasteiger partial charge in [-0.25, -0.2) is 0 Å². The Morgan fingerprint density at radius 3 is 2.42 bits per heavy atom. The standard InChI is InChI=1S/C19H27N3O4/c1-13-8-16(9-14(2)18(13)26-5)17(19(23)24)22(6-7-25-4)12-15-10-20-21(3)11-15/h8-11,17H,6-7,12H2,1-5H3,(H,23,24)/t17-/m1/s1. The lowest BCUT2D eigenvalue weighted by molar-refractivity contribution is -0.144. The fourth-order valence-electron chi connectivity index (χ4n) is 3.27. The molecule has 2 rings (SSSR count). The van der Waals surface area contributed by atoms with Gasteiger partial charge in [0.1, 0.15) is 11.8 Å². The number of ether oxygens (including phenoxy) is 2. The number of aliphatic carboxylic acids is 1. The molecule has 0 saturated heterocycles. The predicted molar refractivity (Wildman–Crippen MR) is 98.3 cm³/mol. The van der Waals surface area contributed by atoms with Crippen molar-refractivity contribution >= 4 is 5.97 Å². The molecule has 1 N–H and O–H groups in total. The third kappa shape index (κ3) is 4.62. The SMILES string of the molecule is COCCN(Cc1cnn(C)c1)[C@@H](C(=O)O)c1cc(C)c(OC)c(C)c1. The van der Waals surface area contributed by atoms with Crippen LogP contribution in [0.15, 0.2) is 24.5 Å². The second kappa shape index (κ2) is 8.82. The van der Waals surface area contributed by atoms with Gasteiger partial charge >= 0.3 is 5.97 Å². The van der Waals surface area contributed by atoms with Gasteiger partial charge in [-0.2, -0.15) is 5.10 Å². The van der Waals surface area contributed by atoms with Crippen LogP contribution >= 0.6 is 0 Å². The second-order valence-electron chi connectivity index (χ2n) is 6.41. The van der Waals surface area contributed by atoms with E-state index in [1.54, 1.807) is 25.1 Å². The van der Waals surface area contributed by atoms with E-state index in [4.69, 9.17) is 9.47 Å². The number of carboxylic acids is 1. The lowest BCUT2D eigenvalue weighted by Gasteiger charge is -2.29. The Labute approximate surface area is 154 Å². The molecule has 0 radical (unpaired) electrons. The molecule has 0 unspecified atom stereocenters. The Morgan fingerprint density at radius 1 is 1.31 bits per heavy atom. The third-order valence-electron chi connectivity index (χ3n) is 4.33. The van der Waals surface area contributed by atoms with Crippen molar-refractivity contribution in [2.75, 3.05) is 27.4 Å².